The molecule has 0 radical (unpaired) electrons. The molecule has 2 N–H and O–H groups in total. The molecule has 1 unspecified atom stereocenters. The molecule has 29 heavy (non-hydrogen) atoms. The van der Waals surface area contributed by atoms with E-state index in [0.29, 0.717) is 17.4 Å². The first kappa shape index (κ1) is 20.3. The zero-order chi connectivity index (χ0) is 20.4. The summed E-state index contributed by atoms with van der Waals surface area (Å²) in [4.78, 5) is 14.6. The Kier molecular flexibility index (Phi) is 6.17. The second kappa shape index (κ2) is 8.81. The molecule has 0 fully saturated rings. The van der Waals surface area contributed by atoms with Crippen LogP contribution < -0.4 is 0 Å². The fraction of sp³-hybridized carbons (Fsp3) is 0.375. The zero-order valence-corrected chi connectivity index (χ0v) is 17.8. The predicted octanol–water partition coefficient (Wildman–Crippen LogP) is 6.62. The first-order valence-electron chi connectivity index (χ1n) is 10.3. The minimum atomic E-state index is -0.754. The number of aliphatic carboxylic acids is 1. The van der Waals surface area contributed by atoms with E-state index in [1.165, 1.54) is 28.6 Å². The van der Waals surface area contributed by atoms with Gasteiger partial charge in [0, 0.05) is 33.1 Å². The average Bonchev–Trinajstić information content (AvgIpc) is 3.01. The van der Waals surface area contributed by atoms with Crippen LogP contribution >= 0.6 is 23.2 Å². The third-order valence-corrected chi connectivity index (χ3v) is 6.68. The first-order valence-corrected chi connectivity index (χ1v) is 11.0. The van der Waals surface area contributed by atoms with Gasteiger partial charge in [-0.25, -0.2) is 0 Å². The number of aromatic nitrogens is 1. The summed E-state index contributed by atoms with van der Waals surface area (Å²) in [6, 6.07) is 12.1. The third kappa shape index (κ3) is 4.62. The maximum absolute atomic E-state index is 11.0. The monoisotopic (exact) mass is 429 g/mol. The Morgan fingerprint density at radius 3 is 2.76 bits per heavy atom. The molecule has 5 heteroatoms. The standard InChI is InChI=1S/C24H25Cl2NO2/c25-18-10-8-17(21(26)14-18)13-15-3-1-6-22-19(11-7-15)20-5-2-4-16(24(20)27-22)9-12-23(28)29/h2,4-5,8,10,14-15,27H,1,3,6-7,9,11-13H2,(H,28,29). The summed E-state index contributed by atoms with van der Waals surface area (Å²) in [7, 11) is 0. The van der Waals surface area contributed by atoms with Crippen molar-refractivity contribution in [2.24, 2.45) is 5.92 Å². The maximum Gasteiger partial charge on any atom is 0.303 e. The number of hydrogen-bond acceptors (Lipinski definition) is 1. The highest BCUT2D eigenvalue weighted by Gasteiger charge is 2.20. The number of para-hydroxylation sites is 1. The van der Waals surface area contributed by atoms with Gasteiger partial charge in [0.25, 0.3) is 0 Å². The van der Waals surface area contributed by atoms with Crippen molar-refractivity contribution in [1.82, 2.24) is 4.98 Å². The molecule has 0 saturated heterocycles. The highest BCUT2D eigenvalue weighted by molar-refractivity contribution is 6.35. The van der Waals surface area contributed by atoms with Crippen LogP contribution in [0, 0.1) is 5.92 Å². The second-order valence-corrected chi connectivity index (χ2v) is 8.90. The van der Waals surface area contributed by atoms with Crippen molar-refractivity contribution in [2.75, 3.05) is 0 Å². The van der Waals surface area contributed by atoms with Gasteiger partial charge in [-0.2, -0.15) is 0 Å². The van der Waals surface area contributed by atoms with Crippen LogP contribution in [0.1, 0.15) is 48.1 Å². The summed E-state index contributed by atoms with van der Waals surface area (Å²) < 4.78 is 0. The van der Waals surface area contributed by atoms with Crippen LogP contribution in [0.2, 0.25) is 10.0 Å². The number of nitrogens with one attached hydrogen (secondary N) is 1. The van der Waals surface area contributed by atoms with Gasteiger partial charge in [-0.1, -0.05) is 47.5 Å². The quantitative estimate of drug-likeness (QED) is 0.478. The van der Waals surface area contributed by atoms with Crippen LogP contribution in [0.25, 0.3) is 10.9 Å². The van der Waals surface area contributed by atoms with E-state index in [9.17, 15) is 4.79 Å². The SMILES string of the molecule is O=C(O)CCc1cccc2c3c([nH]c12)CCCC(Cc1ccc(Cl)cc1Cl)CC3. The number of hydrogen-bond donors (Lipinski definition) is 2. The second-order valence-electron chi connectivity index (χ2n) is 8.05. The number of carboxylic acid groups (broad SMARTS) is 1. The number of aromatic amines is 1. The van der Waals surface area contributed by atoms with Gasteiger partial charge in [0.15, 0.2) is 0 Å². The van der Waals surface area contributed by atoms with Gasteiger partial charge >= 0.3 is 5.97 Å². The number of aryl methyl sites for hydroxylation is 3. The van der Waals surface area contributed by atoms with E-state index >= 15 is 0 Å². The van der Waals surface area contributed by atoms with Crippen LogP contribution in [-0.4, -0.2) is 16.1 Å². The Hall–Kier alpha value is -1.97. The number of benzene rings is 2. The molecule has 2 aromatic carbocycles. The summed E-state index contributed by atoms with van der Waals surface area (Å²) in [6.45, 7) is 0. The molecule has 152 valence electrons. The first-order chi connectivity index (χ1) is 14.0. The highest BCUT2D eigenvalue weighted by Crippen LogP contribution is 2.33. The molecule has 0 aliphatic heterocycles. The van der Waals surface area contributed by atoms with Crippen LogP contribution in [0.3, 0.4) is 0 Å². The van der Waals surface area contributed by atoms with Crippen LogP contribution in [0.15, 0.2) is 36.4 Å². The molecule has 0 bridgehead atoms. The molecule has 1 aliphatic rings. The predicted molar refractivity (Wildman–Crippen MR) is 119 cm³/mol. The van der Waals surface area contributed by atoms with E-state index in [-0.39, 0.29) is 6.42 Å². The molecule has 1 aliphatic carbocycles. The lowest BCUT2D eigenvalue weighted by molar-refractivity contribution is -0.136. The number of rotatable bonds is 5. The fourth-order valence-corrected chi connectivity index (χ4v) is 5.09. The number of H-pyrrole nitrogens is 1. The van der Waals surface area contributed by atoms with Crippen LogP contribution in [0.5, 0.6) is 0 Å². The van der Waals surface area contributed by atoms with Crippen molar-refractivity contribution in [3.05, 3.63) is 68.8 Å². The molecule has 0 spiro atoms. The number of fused-ring (bicyclic) bond motifs is 3. The van der Waals surface area contributed by atoms with Gasteiger partial charge in [-0.15, -0.1) is 0 Å². The molecule has 1 aromatic heterocycles. The molecular formula is C24H25Cl2NO2. The summed E-state index contributed by atoms with van der Waals surface area (Å²) in [5.41, 5.74) is 6.13. The molecule has 3 aromatic rings. The van der Waals surface area contributed by atoms with Crippen molar-refractivity contribution >= 4 is 40.1 Å². The summed E-state index contributed by atoms with van der Waals surface area (Å²) in [5, 5.41) is 11.7. The fourth-order valence-electron chi connectivity index (χ4n) is 4.60. The van der Waals surface area contributed by atoms with Crippen LogP contribution in [0.4, 0.5) is 0 Å². The topological polar surface area (TPSA) is 53.1 Å². The van der Waals surface area contributed by atoms with E-state index < -0.39 is 5.97 Å². The lowest BCUT2D eigenvalue weighted by Crippen LogP contribution is -2.11. The maximum atomic E-state index is 11.0. The van der Waals surface area contributed by atoms with E-state index in [0.717, 1.165) is 48.2 Å². The highest BCUT2D eigenvalue weighted by atomic mass is 35.5. The van der Waals surface area contributed by atoms with E-state index in [1.54, 1.807) is 0 Å². The Balaban J connectivity index is 1.55. The van der Waals surface area contributed by atoms with Crippen molar-refractivity contribution in [3.8, 4) is 0 Å². The number of carbonyl (C=O) groups is 1. The molecule has 0 amide bonds. The summed E-state index contributed by atoms with van der Waals surface area (Å²) >= 11 is 12.4. The van der Waals surface area contributed by atoms with Crippen molar-refractivity contribution in [3.63, 3.8) is 0 Å². The van der Waals surface area contributed by atoms with Gasteiger partial charge < -0.3 is 10.1 Å². The van der Waals surface area contributed by atoms with E-state index in [4.69, 9.17) is 28.3 Å². The molecular weight excluding hydrogens is 405 g/mol. The van der Waals surface area contributed by atoms with Gasteiger partial charge in [0.2, 0.25) is 0 Å². The Bertz CT molecular complexity index is 1040. The van der Waals surface area contributed by atoms with Gasteiger partial charge in [0.05, 0.1) is 0 Å². The smallest absolute Gasteiger partial charge is 0.303 e. The normalized spacial score (nSPS) is 17.0. The largest absolute Gasteiger partial charge is 0.481 e. The van der Waals surface area contributed by atoms with Crippen molar-refractivity contribution in [1.29, 1.82) is 0 Å². The van der Waals surface area contributed by atoms with Crippen LogP contribution in [-0.2, 0) is 30.5 Å². The molecule has 1 heterocycles. The number of halogens is 2. The molecule has 3 nitrogen and oxygen atoms in total. The average molecular weight is 430 g/mol. The summed E-state index contributed by atoms with van der Waals surface area (Å²) in [6.07, 6.45) is 7.22. The van der Waals surface area contributed by atoms with E-state index in [2.05, 4.69) is 23.2 Å². The minimum Gasteiger partial charge on any atom is -0.481 e. The summed E-state index contributed by atoms with van der Waals surface area (Å²) in [5.74, 6) is -0.155. The number of carboxylic acids is 1. The Morgan fingerprint density at radius 2 is 1.97 bits per heavy atom. The minimum absolute atomic E-state index is 0.159. The van der Waals surface area contributed by atoms with Gasteiger partial charge in [-0.05, 0) is 79.7 Å². The lowest BCUT2D eigenvalue weighted by Gasteiger charge is -2.21. The Labute approximate surface area is 181 Å². The Morgan fingerprint density at radius 1 is 1.10 bits per heavy atom. The van der Waals surface area contributed by atoms with Gasteiger partial charge in [0.1, 0.15) is 0 Å². The lowest BCUT2D eigenvalue weighted by atomic mass is 9.85. The third-order valence-electron chi connectivity index (χ3n) is 6.09. The van der Waals surface area contributed by atoms with E-state index in [1.807, 2.05) is 18.2 Å². The molecule has 0 saturated carbocycles. The molecule has 1 atom stereocenters. The van der Waals surface area contributed by atoms with Crippen molar-refractivity contribution in [2.45, 2.75) is 51.4 Å². The van der Waals surface area contributed by atoms with Gasteiger partial charge in [-0.3, -0.25) is 4.79 Å². The zero-order valence-electron chi connectivity index (χ0n) is 16.3. The molecule has 4 rings (SSSR count). The van der Waals surface area contributed by atoms with Crippen molar-refractivity contribution < 1.29 is 9.90 Å².